The number of ether oxygens (including phenoxy) is 1. The lowest BCUT2D eigenvalue weighted by Crippen LogP contribution is -2.22. The number of thioether (sulfide) groups is 1. The first-order valence-corrected chi connectivity index (χ1v) is 13.3. The fourth-order valence-electron chi connectivity index (χ4n) is 3.84. The van der Waals surface area contributed by atoms with Crippen molar-refractivity contribution in [1.29, 1.82) is 0 Å². The maximum atomic E-state index is 13.2. The van der Waals surface area contributed by atoms with Crippen molar-refractivity contribution in [2.24, 2.45) is 0 Å². The average molecular weight is 569 g/mol. The molecule has 0 saturated heterocycles. The molecule has 0 aliphatic carbocycles. The summed E-state index contributed by atoms with van der Waals surface area (Å²) in [5.41, 5.74) is 3.34. The molecular formula is C31H24ClF3O3S. The average Bonchev–Trinajstić information content (AvgIpc) is 2.92. The van der Waals surface area contributed by atoms with Crippen molar-refractivity contribution in [2.75, 3.05) is 5.75 Å². The molecule has 8 heteroatoms. The van der Waals surface area contributed by atoms with Crippen LogP contribution in [0.4, 0.5) is 13.2 Å². The highest BCUT2D eigenvalue weighted by Gasteiger charge is 2.30. The highest BCUT2D eigenvalue weighted by atomic mass is 35.5. The number of aliphatic carboxylic acids is 1. The number of hydrogen-bond donors (Lipinski definition) is 1. The SMILES string of the molecule is CC(Oc1ccc(SCC=C(c2ccc(Cl)cc2)c2ccc(-c3cccc(C(F)(F)F)c3)cc2)cc1)C(=O)O. The third-order valence-corrected chi connectivity index (χ3v) is 7.09. The molecule has 200 valence electrons. The number of halogens is 4. The minimum absolute atomic E-state index is 0.479. The number of alkyl halides is 3. The second-order valence-corrected chi connectivity index (χ2v) is 10.2. The van der Waals surface area contributed by atoms with Gasteiger partial charge in [-0.1, -0.05) is 66.2 Å². The number of carbonyl (C=O) groups is 1. The molecule has 0 amide bonds. The topological polar surface area (TPSA) is 46.5 Å². The Morgan fingerprint density at radius 1 is 0.923 bits per heavy atom. The van der Waals surface area contributed by atoms with E-state index in [-0.39, 0.29) is 0 Å². The van der Waals surface area contributed by atoms with Crippen LogP contribution in [0.2, 0.25) is 5.02 Å². The Morgan fingerprint density at radius 2 is 1.54 bits per heavy atom. The normalized spacial score (nSPS) is 12.7. The number of carboxylic acids is 1. The van der Waals surface area contributed by atoms with Crippen LogP contribution in [0, 0.1) is 0 Å². The van der Waals surface area contributed by atoms with Gasteiger partial charge in [0.2, 0.25) is 0 Å². The number of carboxylic acid groups (broad SMARTS) is 1. The smallest absolute Gasteiger partial charge is 0.416 e. The Kier molecular flexibility index (Phi) is 9.04. The summed E-state index contributed by atoms with van der Waals surface area (Å²) < 4.78 is 44.9. The third-order valence-electron chi connectivity index (χ3n) is 5.90. The van der Waals surface area contributed by atoms with Crippen molar-refractivity contribution >= 4 is 34.9 Å². The van der Waals surface area contributed by atoms with Crippen molar-refractivity contribution in [3.63, 3.8) is 0 Å². The summed E-state index contributed by atoms with van der Waals surface area (Å²) >= 11 is 7.69. The lowest BCUT2D eigenvalue weighted by Gasteiger charge is -2.12. The molecule has 39 heavy (non-hydrogen) atoms. The van der Waals surface area contributed by atoms with E-state index >= 15 is 0 Å². The molecule has 3 nitrogen and oxygen atoms in total. The van der Waals surface area contributed by atoms with Crippen LogP contribution in [0.1, 0.15) is 23.6 Å². The number of benzene rings is 4. The minimum atomic E-state index is -4.40. The Balaban J connectivity index is 1.54. The van der Waals surface area contributed by atoms with E-state index in [4.69, 9.17) is 21.4 Å². The summed E-state index contributed by atoms with van der Waals surface area (Å²) in [6.45, 7) is 1.47. The van der Waals surface area contributed by atoms with Gasteiger partial charge in [0.15, 0.2) is 6.10 Å². The predicted octanol–water partition coefficient (Wildman–Crippen LogP) is 9.10. The maximum Gasteiger partial charge on any atom is 0.416 e. The second kappa shape index (κ2) is 12.5. The van der Waals surface area contributed by atoms with Crippen LogP contribution >= 0.6 is 23.4 Å². The molecule has 4 rings (SSSR count). The van der Waals surface area contributed by atoms with Gasteiger partial charge in [0.05, 0.1) is 5.56 Å². The fourth-order valence-corrected chi connectivity index (χ4v) is 4.74. The van der Waals surface area contributed by atoms with Gasteiger partial charge in [0, 0.05) is 15.7 Å². The number of rotatable bonds is 9. The van der Waals surface area contributed by atoms with E-state index in [0.717, 1.165) is 33.7 Å². The van der Waals surface area contributed by atoms with Crippen molar-refractivity contribution < 1.29 is 27.8 Å². The zero-order valence-electron chi connectivity index (χ0n) is 20.8. The van der Waals surface area contributed by atoms with E-state index in [1.807, 2.05) is 60.7 Å². The summed E-state index contributed by atoms with van der Waals surface area (Å²) in [5.74, 6) is 0.0858. The molecule has 0 fully saturated rings. The van der Waals surface area contributed by atoms with Gasteiger partial charge >= 0.3 is 12.1 Å². The van der Waals surface area contributed by atoms with Crippen LogP contribution in [-0.2, 0) is 11.0 Å². The van der Waals surface area contributed by atoms with Gasteiger partial charge in [0.1, 0.15) is 5.75 Å². The lowest BCUT2D eigenvalue weighted by molar-refractivity contribution is -0.144. The van der Waals surface area contributed by atoms with Gasteiger partial charge < -0.3 is 9.84 Å². The molecule has 0 bridgehead atoms. The molecule has 0 spiro atoms. The molecule has 4 aromatic rings. The Bertz CT molecular complexity index is 1450. The Labute approximate surface area is 233 Å². The van der Waals surface area contributed by atoms with Gasteiger partial charge in [-0.2, -0.15) is 13.2 Å². The predicted molar refractivity (Wildman–Crippen MR) is 150 cm³/mol. The fraction of sp³-hybridized carbons (Fsp3) is 0.129. The summed E-state index contributed by atoms with van der Waals surface area (Å²) in [6.07, 6.45) is -3.25. The van der Waals surface area contributed by atoms with Crippen molar-refractivity contribution in [2.45, 2.75) is 24.1 Å². The largest absolute Gasteiger partial charge is 0.479 e. The molecule has 1 atom stereocenters. The number of hydrogen-bond acceptors (Lipinski definition) is 3. The Hall–Kier alpha value is -3.68. The molecule has 0 saturated carbocycles. The summed E-state index contributed by atoms with van der Waals surface area (Å²) in [7, 11) is 0. The van der Waals surface area contributed by atoms with E-state index in [1.165, 1.54) is 13.0 Å². The molecule has 1 N–H and O–H groups in total. The van der Waals surface area contributed by atoms with Gasteiger partial charge in [0.25, 0.3) is 0 Å². The molecule has 0 aliphatic heterocycles. The molecular weight excluding hydrogens is 545 g/mol. The van der Waals surface area contributed by atoms with Crippen LogP contribution in [0.15, 0.2) is 108 Å². The first kappa shape index (κ1) is 28.3. The first-order valence-electron chi connectivity index (χ1n) is 12.0. The quantitative estimate of drug-likeness (QED) is 0.205. The van der Waals surface area contributed by atoms with Crippen LogP contribution < -0.4 is 4.74 Å². The van der Waals surface area contributed by atoms with Gasteiger partial charge in [-0.15, -0.1) is 11.8 Å². The molecule has 1 unspecified atom stereocenters. The summed E-state index contributed by atoms with van der Waals surface area (Å²) in [6, 6.07) is 27.4. The standard InChI is InChI=1S/C31H24ClF3O3S/c1-20(30(36)37)38-27-13-15-28(16-14-27)39-18-17-29(23-9-11-26(32)12-10-23)22-7-5-21(6-8-22)24-3-2-4-25(19-24)31(33,34)35/h2-17,19-20H,18H2,1H3,(H,36,37). The molecule has 4 aromatic carbocycles. The van der Waals surface area contributed by atoms with E-state index < -0.39 is 23.8 Å². The molecule has 0 aromatic heterocycles. The summed E-state index contributed by atoms with van der Waals surface area (Å²) in [4.78, 5) is 12.0. The van der Waals surface area contributed by atoms with Crippen molar-refractivity contribution in [1.82, 2.24) is 0 Å². The molecule has 0 heterocycles. The highest BCUT2D eigenvalue weighted by Crippen LogP contribution is 2.33. The highest BCUT2D eigenvalue weighted by molar-refractivity contribution is 7.99. The lowest BCUT2D eigenvalue weighted by atomic mass is 9.95. The van der Waals surface area contributed by atoms with Crippen LogP contribution in [0.3, 0.4) is 0 Å². The molecule has 0 radical (unpaired) electrons. The van der Waals surface area contributed by atoms with E-state index in [0.29, 0.717) is 27.7 Å². The maximum absolute atomic E-state index is 13.2. The second-order valence-electron chi connectivity index (χ2n) is 8.66. The van der Waals surface area contributed by atoms with E-state index in [1.54, 1.807) is 30.0 Å². The van der Waals surface area contributed by atoms with Crippen molar-refractivity contribution in [3.8, 4) is 16.9 Å². The third kappa shape index (κ3) is 7.68. The van der Waals surface area contributed by atoms with Gasteiger partial charge in [-0.25, -0.2) is 4.79 Å². The molecule has 0 aliphatic rings. The van der Waals surface area contributed by atoms with Gasteiger partial charge in [-0.05, 0) is 83.3 Å². The van der Waals surface area contributed by atoms with E-state index in [9.17, 15) is 18.0 Å². The van der Waals surface area contributed by atoms with Crippen LogP contribution in [0.25, 0.3) is 16.7 Å². The van der Waals surface area contributed by atoms with Crippen molar-refractivity contribution in [3.05, 3.63) is 125 Å². The zero-order valence-corrected chi connectivity index (χ0v) is 22.4. The Morgan fingerprint density at radius 3 is 2.13 bits per heavy atom. The minimum Gasteiger partial charge on any atom is -0.479 e. The van der Waals surface area contributed by atoms with Crippen LogP contribution in [0.5, 0.6) is 5.75 Å². The summed E-state index contributed by atoms with van der Waals surface area (Å²) in [5, 5.41) is 9.62. The zero-order chi connectivity index (χ0) is 28.0. The van der Waals surface area contributed by atoms with E-state index in [2.05, 4.69) is 6.08 Å². The first-order chi connectivity index (χ1) is 18.6. The van der Waals surface area contributed by atoms with Gasteiger partial charge in [-0.3, -0.25) is 0 Å². The monoisotopic (exact) mass is 568 g/mol. The van der Waals surface area contributed by atoms with Crippen LogP contribution in [-0.4, -0.2) is 22.9 Å².